The molecule has 0 saturated heterocycles. The molecule has 0 amide bonds. The van der Waals surface area contributed by atoms with Crippen molar-refractivity contribution in [3.8, 4) is 5.75 Å². The lowest BCUT2D eigenvalue weighted by molar-refractivity contribution is -0.0980. The predicted octanol–water partition coefficient (Wildman–Crippen LogP) is 5.93. The average molecular weight is 562 g/mol. The lowest BCUT2D eigenvalue weighted by Gasteiger charge is -2.48. The maximum Gasteiger partial charge on any atom is 0.142 e. The van der Waals surface area contributed by atoms with E-state index in [9.17, 15) is 4.21 Å². The molecule has 40 heavy (non-hydrogen) atoms. The molecule has 2 bridgehead atoms. The van der Waals surface area contributed by atoms with Gasteiger partial charge in [0.2, 0.25) is 0 Å². The minimum atomic E-state index is -1.19. The van der Waals surface area contributed by atoms with Crippen molar-refractivity contribution in [2.45, 2.75) is 63.5 Å². The molecular weight excluding hydrogens is 520 g/mol. The number of hydrogen-bond acceptors (Lipinski definition) is 7. The van der Waals surface area contributed by atoms with Crippen LogP contribution in [0.5, 0.6) is 5.75 Å². The molecule has 0 N–H and O–H groups in total. The van der Waals surface area contributed by atoms with E-state index in [0.717, 1.165) is 43.7 Å². The van der Waals surface area contributed by atoms with Crippen molar-refractivity contribution in [1.82, 2.24) is 0 Å². The van der Waals surface area contributed by atoms with Gasteiger partial charge in [-0.05, 0) is 97.6 Å². The fraction of sp³-hybridized carbons (Fsp3) is 0.545. The molecule has 0 aromatic heterocycles. The highest BCUT2D eigenvalue weighted by molar-refractivity contribution is 7.74. The number of ether oxygens (including phenoxy) is 2. The Morgan fingerprint density at radius 3 is 2.80 bits per heavy atom. The van der Waals surface area contributed by atoms with Gasteiger partial charge in [0.05, 0.1) is 18.4 Å². The van der Waals surface area contributed by atoms with Gasteiger partial charge in [-0.1, -0.05) is 41.7 Å². The molecule has 6 nitrogen and oxygen atoms in total. The van der Waals surface area contributed by atoms with Crippen LogP contribution >= 0.6 is 0 Å². The number of allylic oxidation sites excluding steroid dienone is 1. The van der Waals surface area contributed by atoms with E-state index in [2.05, 4.69) is 58.7 Å². The van der Waals surface area contributed by atoms with Gasteiger partial charge in [-0.25, -0.2) is 0 Å². The zero-order valence-corrected chi connectivity index (χ0v) is 24.6. The molecule has 1 fully saturated rings. The van der Waals surface area contributed by atoms with Crippen LogP contribution in [0.15, 0.2) is 52.4 Å². The first kappa shape index (κ1) is 27.5. The maximum absolute atomic E-state index is 12.9. The quantitative estimate of drug-likeness (QED) is 0.319. The third-order valence-corrected chi connectivity index (χ3v) is 11.1. The number of benzene rings is 2. The minimum Gasteiger partial charge on any atom is -0.490 e. The molecule has 3 aliphatic carbocycles. The van der Waals surface area contributed by atoms with Gasteiger partial charge in [-0.2, -0.15) is 10.6 Å². The number of methoxy groups -OCH3 is 1. The topological polar surface area (TPSA) is 68.2 Å². The monoisotopic (exact) mass is 561 g/mol. The van der Waals surface area contributed by atoms with Crippen LogP contribution in [0.25, 0.3) is 0 Å². The lowest BCUT2D eigenvalue weighted by Crippen LogP contribution is -2.50. The molecular formula is C33H41N2O4S-. The van der Waals surface area contributed by atoms with E-state index < -0.39 is 10.6 Å². The fourth-order valence-corrected chi connectivity index (χ4v) is 8.86. The molecule has 0 unspecified atom stereocenters. The molecule has 5 atom stereocenters. The first-order valence-electron chi connectivity index (χ1n) is 14.7. The van der Waals surface area contributed by atoms with Crippen LogP contribution in [-0.4, -0.2) is 45.5 Å². The van der Waals surface area contributed by atoms with E-state index in [1.165, 1.54) is 47.2 Å². The number of anilines is 1. The van der Waals surface area contributed by atoms with E-state index >= 15 is 0 Å². The van der Waals surface area contributed by atoms with Gasteiger partial charge in [0.15, 0.2) is 0 Å². The molecule has 2 heterocycles. The second kappa shape index (κ2) is 11.3. The molecule has 2 aliphatic heterocycles. The maximum atomic E-state index is 12.9. The molecule has 0 radical (unpaired) electrons. The van der Waals surface area contributed by atoms with Gasteiger partial charge < -0.3 is 27.7 Å². The Labute approximate surface area is 240 Å². The van der Waals surface area contributed by atoms with Crippen LogP contribution in [0.4, 0.5) is 5.69 Å². The second-order valence-electron chi connectivity index (χ2n) is 12.3. The van der Waals surface area contributed by atoms with Crippen molar-refractivity contribution in [3.63, 3.8) is 0 Å². The number of carbonyl (C=O) groups is 1. The Balaban J connectivity index is 0.00000142. The summed E-state index contributed by atoms with van der Waals surface area (Å²) in [6.07, 6.45) is 9.40. The summed E-state index contributed by atoms with van der Waals surface area (Å²) in [5, 5.41) is 0. The van der Waals surface area contributed by atoms with Gasteiger partial charge in [0.25, 0.3) is 0 Å². The van der Waals surface area contributed by atoms with Gasteiger partial charge in [0, 0.05) is 32.2 Å². The summed E-state index contributed by atoms with van der Waals surface area (Å²) >= 11 is 0. The lowest BCUT2D eigenvalue weighted by atomic mass is 9.65. The summed E-state index contributed by atoms with van der Waals surface area (Å²) in [5.41, 5.74) is 7.97. The minimum absolute atomic E-state index is 0.0146. The SMILES string of the molecule is C=O.CO[C@H]1C2=CC[C@H]2C[S-](=O)=NCc2ccc3c(c2)N(C[C@@H]2CC[C@H]21)C[C@@]1(CCCc2cc(C)ccc21)CO3. The average Bonchev–Trinajstić information content (AvgIpc) is 3.09. The Kier molecular flexibility index (Phi) is 7.79. The van der Waals surface area contributed by atoms with E-state index in [1.54, 1.807) is 0 Å². The van der Waals surface area contributed by atoms with Crippen molar-refractivity contribution >= 4 is 23.1 Å². The van der Waals surface area contributed by atoms with Crippen molar-refractivity contribution in [2.24, 2.45) is 22.1 Å². The van der Waals surface area contributed by atoms with Crippen LogP contribution in [-0.2, 0) is 42.7 Å². The Hall–Kier alpha value is -2.64. The number of nitrogens with zero attached hydrogens (tertiary/aromatic N) is 2. The molecule has 2 aromatic rings. The zero-order valence-electron chi connectivity index (χ0n) is 23.8. The molecule has 1 spiro atoms. The van der Waals surface area contributed by atoms with Crippen molar-refractivity contribution < 1.29 is 18.5 Å². The predicted molar refractivity (Wildman–Crippen MR) is 159 cm³/mol. The van der Waals surface area contributed by atoms with Gasteiger partial charge in [-0.15, -0.1) is 0 Å². The summed E-state index contributed by atoms with van der Waals surface area (Å²) in [7, 11) is 0.669. The molecule has 214 valence electrons. The van der Waals surface area contributed by atoms with Crippen molar-refractivity contribution in [1.29, 1.82) is 0 Å². The summed E-state index contributed by atoms with van der Waals surface area (Å²) < 4.78 is 30.4. The Morgan fingerprint density at radius 1 is 1.18 bits per heavy atom. The molecule has 7 rings (SSSR count). The molecule has 1 saturated carbocycles. The van der Waals surface area contributed by atoms with Crippen LogP contribution in [0.2, 0.25) is 0 Å². The van der Waals surface area contributed by atoms with E-state index in [1.807, 2.05) is 13.9 Å². The zero-order chi connectivity index (χ0) is 27.9. The standard InChI is InChI=1S/C32H39N2O3S.CH2O/c1-21-5-11-28-23(14-21)4-3-13-32(28)19-34-17-24-7-9-26(24)31(36-2)27-10-8-25(27)18-38(35)33-16-22-6-12-30(37-20-32)29(34)15-22;1-2/h5-6,10-12,14-15,24-26,31H,3-4,7-9,13,16-20H2,1-2H3;1H2/q-1;/t24-,25-,26+,31+,32-;/m0./s1. The number of aryl methyl sites for hydroxylation is 2. The van der Waals surface area contributed by atoms with Crippen LogP contribution < -0.4 is 9.64 Å². The smallest absolute Gasteiger partial charge is 0.142 e. The normalized spacial score (nSPS) is 31.1. The van der Waals surface area contributed by atoms with E-state index in [4.69, 9.17) is 14.3 Å². The highest BCUT2D eigenvalue weighted by Gasteiger charge is 2.46. The van der Waals surface area contributed by atoms with E-state index in [0.29, 0.717) is 36.7 Å². The first-order valence-corrected chi connectivity index (χ1v) is 16.0. The Bertz CT molecular complexity index is 1380. The van der Waals surface area contributed by atoms with Crippen LogP contribution in [0.3, 0.4) is 0 Å². The van der Waals surface area contributed by atoms with Gasteiger partial charge in [-0.3, -0.25) is 0 Å². The third-order valence-electron chi connectivity index (χ3n) is 10.0. The molecule has 2 aromatic carbocycles. The van der Waals surface area contributed by atoms with Crippen LogP contribution in [0, 0.1) is 24.7 Å². The Morgan fingerprint density at radius 2 is 2.05 bits per heavy atom. The molecule has 5 aliphatic rings. The molecule has 7 heteroatoms. The number of hydrogen-bond donors (Lipinski definition) is 0. The summed E-state index contributed by atoms with van der Waals surface area (Å²) in [6, 6.07) is 13.6. The van der Waals surface area contributed by atoms with E-state index in [-0.39, 0.29) is 11.5 Å². The van der Waals surface area contributed by atoms with Crippen molar-refractivity contribution in [3.05, 3.63) is 70.3 Å². The highest BCUT2D eigenvalue weighted by Crippen LogP contribution is 2.48. The van der Waals surface area contributed by atoms with Gasteiger partial charge in [0.1, 0.15) is 12.5 Å². The second-order valence-corrected chi connectivity index (χ2v) is 13.6. The summed E-state index contributed by atoms with van der Waals surface area (Å²) in [5.74, 6) is 3.01. The first-order chi connectivity index (χ1) is 19.5. The highest BCUT2D eigenvalue weighted by atomic mass is 32.2. The third kappa shape index (κ3) is 4.89. The van der Waals surface area contributed by atoms with Crippen molar-refractivity contribution in [2.75, 3.05) is 37.5 Å². The summed E-state index contributed by atoms with van der Waals surface area (Å²) in [6.45, 7) is 7.38. The largest absolute Gasteiger partial charge is 0.490 e. The summed E-state index contributed by atoms with van der Waals surface area (Å²) in [4.78, 5) is 10.6. The fourth-order valence-electron chi connectivity index (χ4n) is 7.78. The van der Waals surface area contributed by atoms with Gasteiger partial charge >= 0.3 is 0 Å². The number of carbonyl (C=O) groups excluding carboxylic acids is 1. The number of fused-ring (bicyclic) bond motifs is 5. The van der Waals surface area contributed by atoms with Crippen LogP contribution in [0.1, 0.15) is 54.4 Å². The number of rotatable bonds is 1.